The Morgan fingerprint density at radius 1 is 1.09 bits per heavy atom. The minimum atomic E-state index is 0.0837. The van der Waals surface area contributed by atoms with Crippen LogP contribution in [0.15, 0.2) is 48.7 Å². The molecule has 0 aliphatic carbocycles. The van der Waals surface area contributed by atoms with Gasteiger partial charge in [-0.3, -0.25) is 9.78 Å². The summed E-state index contributed by atoms with van der Waals surface area (Å²) >= 11 is 0. The van der Waals surface area contributed by atoms with Crippen molar-refractivity contribution < 1.29 is 4.79 Å². The average molecular weight is 311 g/mol. The van der Waals surface area contributed by atoms with Crippen LogP contribution in [0, 0.1) is 0 Å². The molecule has 1 N–H and O–H groups in total. The quantitative estimate of drug-likeness (QED) is 0.763. The van der Waals surface area contributed by atoms with E-state index in [0.29, 0.717) is 6.42 Å². The Bertz CT molecular complexity index is 594. The molecule has 0 spiro atoms. The van der Waals surface area contributed by atoms with E-state index in [1.54, 1.807) is 0 Å². The molecular weight excluding hydrogens is 286 g/mol. The number of rotatable bonds is 8. The molecule has 4 nitrogen and oxygen atoms in total. The highest BCUT2D eigenvalue weighted by Gasteiger charge is 2.03. The summed E-state index contributed by atoms with van der Waals surface area (Å²) in [6, 6.07) is 14.1. The van der Waals surface area contributed by atoms with Gasteiger partial charge in [0.1, 0.15) is 0 Å². The molecule has 4 heteroatoms. The molecule has 0 saturated heterocycles. The first-order valence-electron chi connectivity index (χ1n) is 8.08. The summed E-state index contributed by atoms with van der Waals surface area (Å²) in [6.07, 6.45) is 5.23. The van der Waals surface area contributed by atoms with Crippen LogP contribution >= 0.6 is 0 Å². The van der Waals surface area contributed by atoms with Crippen molar-refractivity contribution in [1.29, 1.82) is 0 Å². The minimum Gasteiger partial charge on any atom is -0.378 e. The van der Waals surface area contributed by atoms with Crippen molar-refractivity contribution in [3.63, 3.8) is 0 Å². The molecule has 23 heavy (non-hydrogen) atoms. The summed E-state index contributed by atoms with van der Waals surface area (Å²) in [7, 11) is 4.01. The van der Waals surface area contributed by atoms with E-state index in [1.807, 2.05) is 67.7 Å². The van der Waals surface area contributed by atoms with Gasteiger partial charge in [-0.15, -0.1) is 0 Å². The van der Waals surface area contributed by atoms with Crippen LogP contribution in [0.25, 0.3) is 0 Å². The molecule has 0 fully saturated rings. The Morgan fingerprint density at radius 2 is 1.87 bits per heavy atom. The van der Waals surface area contributed by atoms with Crippen LogP contribution in [-0.4, -0.2) is 31.5 Å². The first-order valence-corrected chi connectivity index (χ1v) is 8.08. The van der Waals surface area contributed by atoms with Gasteiger partial charge in [0.15, 0.2) is 0 Å². The third-order valence-corrected chi connectivity index (χ3v) is 3.73. The lowest BCUT2D eigenvalue weighted by molar-refractivity contribution is -0.120. The Kier molecular flexibility index (Phi) is 6.60. The van der Waals surface area contributed by atoms with Crippen molar-refractivity contribution in [3.05, 3.63) is 59.9 Å². The van der Waals surface area contributed by atoms with E-state index in [-0.39, 0.29) is 5.91 Å². The second-order valence-corrected chi connectivity index (χ2v) is 5.87. The summed E-state index contributed by atoms with van der Waals surface area (Å²) in [5.74, 6) is 0.0837. The first kappa shape index (κ1) is 17.0. The molecule has 2 rings (SSSR count). The van der Waals surface area contributed by atoms with E-state index in [2.05, 4.69) is 10.3 Å². The number of hydrogen-bond acceptors (Lipinski definition) is 3. The lowest BCUT2D eigenvalue weighted by Crippen LogP contribution is -2.26. The van der Waals surface area contributed by atoms with Crippen molar-refractivity contribution in [2.24, 2.45) is 0 Å². The smallest absolute Gasteiger partial charge is 0.224 e. The van der Waals surface area contributed by atoms with E-state index < -0.39 is 0 Å². The third-order valence-electron chi connectivity index (χ3n) is 3.73. The maximum absolute atomic E-state index is 11.9. The molecule has 0 aliphatic rings. The largest absolute Gasteiger partial charge is 0.378 e. The van der Waals surface area contributed by atoms with Gasteiger partial charge in [-0.2, -0.15) is 0 Å². The van der Waals surface area contributed by atoms with E-state index in [4.69, 9.17) is 0 Å². The number of amides is 1. The van der Waals surface area contributed by atoms with Gasteiger partial charge < -0.3 is 10.2 Å². The number of hydrogen-bond donors (Lipinski definition) is 1. The third kappa shape index (κ3) is 6.10. The van der Waals surface area contributed by atoms with Crippen molar-refractivity contribution in [2.75, 3.05) is 25.5 Å². The predicted molar refractivity (Wildman–Crippen MR) is 94.7 cm³/mol. The van der Waals surface area contributed by atoms with Crippen molar-refractivity contribution in [3.8, 4) is 0 Å². The van der Waals surface area contributed by atoms with Crippen molar-refractivity contribution >= 4 is 11.6 Å². The Hall–Kier alpha value is -2.36. The number of carbonyl (C=O) groups is 1. The molecule has 0 aliphatic heterocycles. The van der Waals surface area contributed by atoms with Gasteiger partial charge >= 0.3 is 0 Å². The molecule has 0 saturated carbocycles. The zero-order valence-corrected chi connectivity index (χ0v) is 14.0. The van der Waals surface area contributed by atoms with Crippen molar-refractivity contribution in [1.82, 2.24) is 10.3 Å². The van der Waals surface area contributed by atoms with E-state index in [1.165, 1.54) is 0 Å². The van der Waals surface area contributed by atoms with Crippen LogP contribution in [0.2, 0.25) is 0 Å². The van der Waals surface area contributed by atoms with Crippen molar-refractivity contribution in [2.45, 2.75) is 25.7 Å². The van der Waals surface area contributed by atoms with Crippen LogP contribution in [0.4, 0.5) is 5.69 Å². The van der Waals surface area contributed by atoms with E-state index in [0.717, 1.165) is 42.8 Å². The van der Waals surface area contributed by atoms with Crippen LogP contribution < -0.4 is 10.2 Å². The van der Waals surface area contributed by atoms with Gasteiger partial charge in [0, 0.05) is 38.2 Å². The highest BCUT2D eigenvalue weighted by molar-refractivity contribution is 5.78. The number of aromatic nitrogens is 1. The van der Waals surface area contributed by atoms with E-state index in [9.17, 15) is 4.79 Å². The number of carbonyl (C=O) groups excluding carboxylic acids is 1. The van der Waals surface area contributed by atoms with E-state index >= 15 is 0 Å². The Balaban J connectivity index is 1.63. The molecule has 0 unspecified atom stereocenters. The number of anilines is 1. The second kappa shape index (κ2) is 8.93. The number of aryl methyl sites for hydroxylation is 1. The maximum Gasteiger partial charge on any atom is 0.224 e. The fourth-order valence-electron chi connectivity index (χ4n) is 2.36. The standard InChI is InChI=1S/C19H25N3O/c1-22(2)18-11-9-16(10-12-18)15-19(23)21-14-6-4-8-17-7-3-5-13-20-17/h3,5,7,9-13H,4,6,8,14-15H2,1-2H3,(H,21,23). The molecule has 1 amide bonds. The van der Waals surface area contributed by atoms with Gasteiger partial charge in [-0.05, 0) is 49.1 Å². The molecular formula is C19H25N3O. The Labute approximate surface area is 138 Å². The fourth-order valence-corrected chi connectivity index (χ4v) is 2.36. The van der Waals surface area contributed by atoms with Crippen LogP contribution in [-0.2, 0) is 17.6 Å². The van der Waals surface area contributed by atoms with Crippen LogP contribution in [0.5, 0.6) is 0 Å². The summed E-state index contributed by atoms with van der Waals surface area (Å²) in [5.41, 5.74) is 3.30. The highest BCUT2D eigenvalue weighted by atomic mass is 16.1. The predicted octanol–water partition coefficient (Wildman–Crippen LogP) is 2.83. The maximum atomic E-state index is 11.9. The number of pyridine rings is 1. The molecule has 0 radical (unpaired) electrons. The molecule has 1 aromatic heterocycles. The SMILES string of the molecule is CN(C)c1ccc(CC(=O)NCCCCc2ccccn2)cc1. The monoisotopic (exact) mass is 311 g/mol. The van der Waals surface area contributed by atoms with Gasteiger partial charge in [0.05, 0.1) is 6.42 Å². The number of nitrogens with zero attached hydrogens (tertiary/aromatic N) is 2. The topological polar surface area (TPSA) is 45.2 Å². The zero-order valence-electron chi connectivity index (χ0n) is 14.0. The lowest BCUT2D eigenvalue weighted by Gasteiger charge is -2.12. The number of unbranched alkanes of at least 4 members (excludes halogenated alkanes) is 1. The molecule has 1 heterocycles. The van der Waals surface area contributed by atoms with Gasteiger partial charge in [-0.25, -0.2) is 0 Å². The highest BCUT2D eigenvalue weighted by Crippen LogP contribution is 2.12. The zero-order chi connectivity index (χ0) is 16.5. The normalized spacial score (nSPS) is 10.3. The van der Waals surface area contributed by atoms with Gasteiger partial charge in [0.2, 0.25) is 5.91 Å². The van der Waals surface area contributed by atoms with Gasteiger partial charge in [-0.1, -0.05) is 18.2 Å². The first-order chi connectivity index (χ1) is 11.1. The van der Waals surface area contributed by atoms with Gasteiger partial charge in [0.25, 0.3) is 0 Å². The summed E-state index contributed by atoms with van der Waals surface area (Å²) in [4.78, 5) is 18.3. The summed E-state index contributed by atoms with van der Waals surface area (Å²) < 4.78 is 0. The molecule has 1 aromatic carbocycles. The summed E-state index contributed by atoms with van der Waals surface area (Å²) in [5, 5.41) is 2.99. The van der Waals surface area contributed by atoms with Crippen LogP contribution in [0.1, 0.15) is 24.1 Å². The molecule has 122 valence electrons. The molecule has 2 aromatic rings. The Morgan fingerprint density at radius 3 is 2.52 bits per heavy atom. The average Bonchev–Trinajstić information content (AvgIpc) is 2.56. The van der Waals surface area contributed by atoms with Crippen LogP contribution in [0.3, 0.4) is 0 Å². The fraction of sp³-hybridized carbons (Fsp3) is 0.368. The molecule has 0 atom stereocenters. The number of benzene rings is 1. The summed E-state index contributed by atoms with van der Waals surface area (Å²) in [6.45, 7) is 0.724. The number of nitrogens with one attached hydrogen (secondary N) is 1. The lowest BCUT2D eigenvalue weighted by atomic mass is 10.1. The molecule has 0 bridgehead atoms. The minimum absolute atomic E-state index is 0.0837. The second-order valence-electron chi connectivity index (χ2n) is 5.87.